The summed E-state index contributed by atoms with van der Waals surface area (Å²) in [7, 11) is -2.28. The summed E-state index contributed by atoms with van der Waals surface area (Å²) >= 11 is 0.948. The van der Waals surface area contributed by atoms with Crippen LogP contribution in [0.5, 0.6) is 0 Å². The van der Waals surface area contributed by atoms with Crippen LogP contribution in [0.3, 0.4) is 0 Å². The molecule has 2 aromatic carbocycles. The van der Waals surface area contributed by atoms with Crippen LogP contribution >= 0.6 is 11.9 Å². The summed E-state index contributed by atoms with van der Waals surface area (Å²) in [5.41, 5.74) is -0.122. The SMILES string of the molecule is CCCCN(C)c1c([N+](=O)[O-])cccc1S(=O)(=O)NSc1ccccc1. The van der Waals surface area contributed by atoms with E-state index in [9.17, 15) is 18.5 Å². The normalized spacial score (nSPS) is 11.3. The van der Waals surface area contributed by atoms with Crippen LogP contribution in [0, 0.1) is 10.1 Å². The number of hydrogen-bond donors (Lipinski definition) is 1. The van der Waals surface area contributed by atoms with Crippen LogP contribution in [-0.2, 0) is 10.0 Å². The average molecular weight is 396 g/mol. The van der Waals surface area contributed by atoms with Crippen LogP contribution in [0.15, 0.2) is 58.3 Å². The van der Waals surface area contributed by atoms with Gasteiger partial charge in [0.15, 0.2) is 0 Å². The molecule has 2 aromatic rings. The minimum Gasteiger partial charge on any atom is -0.368 e. The van der Waals surface area contributed by atoms with E-state index in [1.54, 1.807) is 36.2 Å². The quantitative estimate of drug-likeness (QED) is 0.394. The Labute approximate surface area is 157 Å². The second-order valence-electron chi connectivity index (χ2n) is 5.66. The van der Waals surface area contributed by atoms with E-state index < -0.39 is 14.9 Å². The second-order valence-corrected chi connectivity index (χ2v) is 8.45. The van der Waals surface area contributed by atoms with Crippen molar-refractivity contribution < 1.29 is 13.3 Å². The number of nitro groups is 1. The lowest BCUT2D eigenvalue weighted by Crippen LogP contribution is -2.25. The Balaban J connectivity index is 2.39. The molecule has 2 rings (SSSR count). The van der Waals surface area contributed by atoms with Crippen LogP contribution in [0.25, 0.3) is 0 Å². The van der Waals surface area contributed by atoms with Gasteiger partial charge in [-0.05, 0) is 36.6 Å². The Bertz CT molecular complexity index is 858. The molecule has 7 nitrogen and oxygen atoms in total. The van der Waals surface area contributed by atoms with Crippen molar-refractivity contribution in [2.24, 2.45) is 0 Å². The smallest absolute Gasteiger partial charge is 0.293 e. The van der Waals surface area contributed by atoms with E-state index in [0.29, 0.717) is 6.54 Å². The molecule has 0 aliphatic rings. The molecular formula is C17H21N3O4S2. The van der Waals surface area contributed by atoms with Crippen LogP contribution in [0.4, 0.5) is 11.4 Å². The van der Waals surface area contributed by atoms with Gasteiger partial charge in [-0.25, -0.2) is 8.42 Å². The first-order valence-corrected chi connectivity index (χ1v) is 10.4. The van der Waals surface area contributed by atoms with Gasteiger partial charge in [-0.3, -0.25) is 10.1 Å². The Morgan fingerprint density at radius 3 is 2.46 bits per heavy atom. The fourth-order valence-electron chi connectivity index (χ4n) is 2.40. The second kappa shape index (κ2) is 9.02. The molecule has 9 heteroatoms. The zero-order valence-corrected chi connectivity index (χ0v) is 16.2. The molecule has 0 saturated heterocycles. The highest BCUT2D eigenvalue weighted by Crippen LogP contribution is 2.35. The summed E-state index contributed by atoms with van der Waals surface area (Å²) in [6, 6.07) is 13.1. The van der Waals surface area contributed by atoms with Crippen LogP contribution in [-0.4, -0.2) is 26.9 Å². The lowest BCUT2D eigenvalue weighted by atomic mass is 10.2. The third-order valence-corrected chi connectivity index (χ3v) is 6.33. The molecule has 0 bridgehead atoms. The number of anilines is 1. The van der Waals surface area contributed by atoms with Gasteiger partial charge in [0.05, 0.1) is 4.92 Å². The summed E-state index contributed by atoms with van der Waals surface area (Å²) in [5, 5.41) is 11.4. The number of para-hydroxylation sites is 1. The first-order chi connectivity index (χ1) is 12.4. The zero-order chi connectivity index (χ0) is 19.2. The van der Waals surface area contributed by atoms with Crippen molar-refractivity contribution in [1.82, 2.24) is 4.13 Å². The number of nitrogens with zero attached hydrogens (tertiary/aromatic N) is 2. The van der Waals surface area contributed by atoms with Gasteiger partial charge in [0.25, 0.3) is 15.7 Å². The highest BCUT2D eigenvalue weighted by molar-refractivity contribution is 8.09. The van der Waals surface area contributed by atoms with Gasteiger partial charge in [-0.1, -0.05) is 37.6 Å². The van der Waals surface area contributed by atoms with Crippen LogP contribution in [0.1, 0.15) is 19.8 Å². The minimum atomic E-state index is -3.95. The topological polar surface area (TPSA) is 92.5 Å². The Morgan fingerprint density at radius 1 is 1.15 bits per heavy atom. The van der Waals surface area contributed by atoms with Crippen molar-refractivity contribution in [3.05, 3.63) is 58.6 Å². The molecular weight excluding hydrogens is 374 g/mol. The first-order valence-electron chi connectivity index (χ1n) is 8.09. The summed E-state index contributed by atoms with van der Waals surface area (Å²) in [6.45, 7) is 2.53. The molecule has 0 unspecified atom stereocenters. The molecule has 140 valence electrons. The standard InChI is InChI=1S/C17H21N3O4S2/c1-3-4-13-19(2)17-15(20(21)22)11-8-12-16(17)26(23,24)18-25-14-9-6-5-7-10-14/h5-12,18H,3-4,13H2,1-2H3. The molecule has 0 fully saturated rings. The van der Waals surface area contributed by atoms with Gasteiger partial charge >= 0.3 is 0 Å². The van der Waals surface area contributed by atoms with Crippen molar-refractivity contribution in [2.45, 2.75) is 29.6 Å². The molecule has 0 radical (unpaired) electrons. The third kappa shape index (κ3) is 4.96. The predicted molar refractivity (Wildman–Crippen MR) is 104 cm³/mol. The number of nitrogens with one attached hydrogen (secondary N) is 1. The van der Waals surface area contributed by atoms with Crippen molar-refractivity contribution in [1.29, 1.82) is 0 Å². The van der Waals surface area contributed by atoms with Gasteiger partial charge in [-0.15, -0.1) is 4.13 Å². The molecule has 0 heterocycles. The maximum absolute atomic E-state index is 12.8. The number of hydrogen-bond acceptors (Lipinski definition) is 6. The van der Waals surface area contributed by atoms with E-state index in [-0.39, 0.29) is 16.3 Å². The first kappa shape index (κ1) is 20.2. The van der Waals surface area contributed by atoms with E-state index in [4.69, 9.17) is 0 Å². The largest absolute Gasteiger partial charge is 0.368 e. The third-order valence-electron chi connectivity index (χ3n) is 3.71. The molecule has 0 aliphatic carbocycles. The van der Waals surface area contributed by atoms with E-state index in [1.165, 1.54) is 18.2 Å². The molecule has 0 saturated carbocycles. The Kier molecular flexibility index (Phi) is 7.01. The number of benzene rings is 2. The van der Waals surface area contributed by atoms with E-state index >= 15 is 0 Å². The summed E-state index contributed by atoms with van der Waals surface area (Å²) < 4.78 is 28.0. The number of sulfonamides is 1. The van der Waals surface area contributed by atoms with Gasteiger partial charge in [-0.2, -0.15) is 0 Å². The monoisotopic (exact) mass is 395 g/mol. The lowest BCUT2D eigenvalue weighted by Gasteiger charge is -2.22. The number of rotatable bonds is 9. The zero-order valence-electron chi connectivity index (χ0n) is 14.6. The van der Waals surface area contributed by atoms with Crippen molar-refractivity contribution in [2.75, 3.05) is 18.5 Å². The molecule has 0 atom stereocenters. The van der Waals surface area contributed by atoms with Crippen molar-refractivity contribution in [3.8, 4) is 0 Å². The summed E-state index contributed by atoms with van der Waals surface area (Å²) in [5.74, 6) is 0. The van der Waals surface area contributed by atoms with Crippen LogP contribution < -0.4 is 9.03 Å². The maximum atomic E-state index is 12.8. The number of nitro benzene ring substituents is 1. The molecule has 0 aliphatic heterocycles. The van der Waals surface area contributed by atoms with Gasteiger partial charge in [0.1, 0.15) is 10.6 Å². The fraction of sp³-hybridized carbons (Fsp3) is 0.294. The van der Waals surface area contributed by atoms with Crippen LogP contribution in [0.2, 0.25) is 0 Å². The molecule has 0 aromatic heterocycles. The fourth-order valence-corrected chi connectivity index (χ4v) is 4.65. The van der Waals surface area contributed by atoms with Crippen molar-refractivity contribution >= 4 is 33.3 Å². The number of unbranched alkanes of at least 4 members (excludes halogenated alkanes) is 1. The molecule has 26 heavy (non-hydrogen) atoms. The molecule has 0 amide bonds. The van der Waals surface area contributed by atoms with E-state index in [1.807, 2.05) is 13.0 Å². The lowest BCUT2D eigenvalue weighted by molar-refractivity contribution is -0.384. The average Bonchev–Trinajstić information content (AvgIpc) is 2.64. The molecule has 0 spiro atoms. The van der Waals surface area contributed by atoms with E-state index in [0.717, 1.165) is 29.7 Å². The molecule has 1 N–H and O–H groups in total. The maximum Gasteiger partial charge on any atom is 0.293 e. The summed E-state index contributed by atoms with van der Waals surface area (Å²) in [6.07, 6.45) is 1.70. The highest BCUT2D eigenvalue weighted by Gasteiger charge is 2.28. The van der Waals surface area contributed by atoms with Crippen molar-refractivity contribution in [3.63, 3.8) is 0 Å². The minimum absolute atomic E-state index is 0.103. The van der Waals surface area contributed by atoms with Gasteiger partial charge in [0.2, 0.25) is 0 Å². The predicted octanol–water partition coefficient (Wildman–Crippen LogP) is 3.82. The Hall–Kier alpha value is -2.10. The van der Waals surface area contributed by atoms with E-state index in [2.05, 4.69) is 4.13 Å². The Morgan fingerprint density at radius 2 is 1.85 bits per heavy atom. The summed E-state index contributed by atoms with van der Waals surface area (Å²) in [4.78, 5) is 13.1. The highest BCUT2D eigenvalue weighted by atomic mass is 32.3. The van der Waals surface area contributed by atoms with Gasteiger partial charge in [0, 0.05) is 24.6 Å². The van der Waals surface area contributed by atoms with Gasteiger partial charge < -0.3 is 4.90 Å².